The van der Waals surface area contributed by atoms with Crippen molar-refractivity contribution in [2.75, 3.05) is 0 Å². The Morgan fingerprint density at radius 3 is 2.05 bits per heavy atom. The maximum Gasteiger partial charge on any atom is 0.152 e. The molecule has 0 amide bonds. The van der Waals surface area contributed by atoms with Gasteiger partial charge in [0.25, 0.3) is 0 Å². The van der Waals surface area contributed by atoms with Crippen molar-refractivity contribution in [2.45, 2.75) is 39.5 Å². The predicted octanol–water partition coefficient (Wildman–Crippen LogP) is 15.2. The SMILES string of the molecule is CC(C)c1cc(-c2ccccc2)cc(C(C)C)c1-n1c(-c2[c-]ccc3c2sc2c3ccc3c4ccccc4oc32)nc2ccccc21.[Ir].[c-]1ccccc1-c1ccccn1. The maximum absolute atomic E-state index is 6.49. The third-order valence-corrected chi connectivity index (χ3v) is 12.4. The molecule has 0 saturated heterocycles. The van der Waals surface area contributed by atoms with Crippen molar-refractivity contribution >= 4 is 64.5 Å². The number of imidazole rings is 1. The molecule has 0 N–H and O–H groups in total. The van der Waals surface area contributed by atoms with Crippen LogP contribution in [-0.2, 0) is 20.1 Å². The van der Waals surface area contributed by atoms with Gasteiger partial charge in [-0.3, -0.25) is 4.98 Å². The smallest absolute Gasteiger partial charge is 0.152 e. The fourth-order valence-corrected chi connectivity index (χ4v) is 9.54. The van der Waals surface area contributed by atoms with Gasteiger partial charge in [0.2, 0.25) is 0 Å². The topological polar surface area (TPSA) is 43.9 Å². The van der Waals surface area contributed by atoms with E-state index in [2.05, 4.69) is 159 Å². The fraction of sp³-hybridized carbons (Fsp3) is 0.111. The number of benzene rings is 7. The summed E-state index contributed by atoms with van der Waals surface area (Å²) in [6, 6.07) is 61.5. The molecule has 4 heterocycles. The molecular weight excluding hydrogens is 931 g/mol. The number of fused-ring (bicyclic) bond motifs is 8. The minimum absolute atomic E-state index is 0. The zero-order valence-corrected chi connectivity index (χ0v) is 36.9. The van der Waals surface area contributed by atoms with E-state index in [-0.39, 0.29) is 20.1 Å². The van der Waals surface area contributed by atoms with Crippen molar-refractivity contribution in [3.8, 4) is 39.5 Å². The van der Waals surface area contributed by atoms with E-state index in [1.807, 2.05) is 48.5 Å². The number of rotatable bonds is 6. The van der Waals surface area contributed by atoms with E-state index in [4.69, 9.17) is 9.40 Å². The van der Waals surface area contributed by atoms with Crippen LogP contribution < -0.4 is 0 Å². The van der Waals surface area contributed by atoms with Gasteiger partial charge in [0.15, 0.2) is 5.58 Å². The van der Waals surface area contributed by atoms with Crippen LogP contribution in [0.2, 0.25) is 0 Å². The molecule has 4 aromatic heterocycles. The van der Waals surface area contributed by atoms with Gasteiger partial charge >= 0.3 is 0 Å². The second kappa shape index (κ2) is 16.5. The Labute approximate surface area is 367 Å². The number of thiophene rings is 1. The number of nitrogens with zero attached hydrogens (tertiary/aromatic N) is 3. The van der Waals surface area contributed by atoms with Gasteiger partial charge in [0.1, 0.15) is 5.58 Å². The number of hydrogen-bond donors (Lipinski definition) is 0. The van der Waals surface area contributed by atoms with Crippen molar-refractivity contribution in [3.63, 3.8) is 0 Å². The van der Waals surface area contributed by atoms with Crippen LogP contribution in [0.1, 0.15) is 50.7 Å². The number of furan rings is 1. The summed E-state index contributed by atoms with van der Waals surface area (Å²) in [5.74, 6) is 1.51. The molecule has 1 radical (unpaired) electrons. The second-order valence-corrected chi connectivity index (χ2v) is 16.6. The summed E-state index contributed by atoms with van der Waals surface area (Å²) in [4.78, 5) is 9.59. The summed E-state index contributed by atoms with van der Waals surface area (Å²) in [6.45, 7) is 9.20. The average molecular weight is 972 g/mol. The summed E-state index contributed by atoms with van der Waals surface area (Å²) < 4.78 is 11.2. The molecule has 11 rings (SSSR count). The summed E-state index contributed by atoms with van der Waals surface area (Å²) in [6.07, 6.45) is 1.79. The van der Waals surface area contributed by atoms with Gasteiger partial charge in [-0.15, -0.1) is 54.1 Å². The first kappa shape index (κ1) is 39.3. The zero-order valence-electron chi connectivity index (χ0n) is 33.7. The normalized spacial score (nSPS) is 11.5. The van der Waals surface area contributed by atoms with E-state index in [0.717, 1.165) is 60.3 Å². The van der Waals surface area contributed by atoms with Gasteiger partial charge in [-0.05, 0) is 92.3 Å². The Hall–Kier alpha value is -6.17. The monoisotopic (exact) mass is 972 g/mol. The van der Waals surface area contributed by atoms with E-state index in [1.54, 1.807) is 17.5 Å². The Morgan fingerprint density at radius 1 is 0.600 bits per heavy atom. The summed E-state index contributed by atoms with van der Waals surface area (Å²) in [5.41, 5.74) is 13.3. The van der Waals surface area contributed by atoms with Crippen LogP contribution in [0.3, 0.4) is 0 Å². The molecule has 0 bridgehead atoms. The number of pyridine rings is 1. The second-order valence-electron chi connectivity index (χ2n) is 15.5. The molecule has 295 valence electrons. The Morgan fingerprint density at radius 2 is 1.30 bits per heavy atom. The Bertz CT molecular complexity index is 3210. The average Bonchev–Trinajstić information content (AvgIpc) is 3.99. The first-order valence-corrected chi connectivity index (χ1v) is 21.0. The molecule has 0 spiro atoms. The van der Waals surface area contributed by atoms with Crippen LogP contribution in [0.25, 0.3) is 92.6 Å². The van der Waals surface area contributed by atoms with Crippen molar-refractivity contribution in [1.82, 2.24) is 14.5 Å². The summed E-state index contributed by atoms with van der Waals surface area (Å²) in [7, 11) is 0. The number of para-hydroxylation sites is 3. The van der Waals surface area contributed by atoms with Crippen LogP contribution in [-0.4, -0.2) is 14.5 Å². The Balaban J connectivity index is 0.000000306. The molecule has 0 aliphatic rings. The van der Waals surface area contributed by atoms with Crippen LogP contribution in [0.5, 0.6) is 0 Å². The van der Waals surface area contributed by atoms with Crippen molar-refractivity contribution in [3.05, 3.63) is 187 Å². The molecule has 6 heteroatoms. The van der Waals surface area contributed by atoms with Gasteiger partial charge in [-0.25, -0.2) is 0 Å². The molecule has 0 unspecified atom stereocenters. The Kier molecular flexibility index (Phi) is 10.8. The van der Waals surface area contributed by atoms with Gasteiger partial charge in [0, 0.05) is 42.8 Å². The largest absolute Gasteiger partial charge is 0.455 e. The molecule has 0 atom stereocenters. The van der Waals surface area contributed by atoms with E-state index >= 15 is 0 Å². The third-order valence-electron chi connectivity index (χ3n) is 11.1. The van der Waals surface area contributed by atoms with E-state index in [1.165, 1.54) is 43.4 Å². The molecule has 0 fully saturated rings. The molecule has 0 saturated carbocycles. The van der Waals surface area contributed by atoms with Crippen LogP contribution in [0, 0.1) is 12.1 Å². The minimum atomic E-state index is 0. The molecule has 0 aliphatic carbocycles. The number of hydrogen-bond acceptors (Lipinski definition) is 4. The fourth-order valence-electron chi connectivity index (χ4n) is 8.26. The van der Waals surface area contributed by atoms with Gasteiger partial charge < -0.3 is 14.0 Å². The standard InChI is InChI=1S/C43H33N2OS.C11H8N.Ir/c1-25(2)34-23-28(27-13-6-5-7-14-27)24-35(26(3)4)39(34)45-37-19-10-9-18-36(37)44-43(45)33-17-12-16-31-32-22-21-30-29-15-8-11-20-38(29)46-40(30)42(32)47-41(31)33;1-2-6-10(7-3-1)11-8-4-5-9-12-11;/h5-16,18-26H,1-4H3;1-6,8-9H;/q2*-1;. The zero-order chi connectivity index (χ0) is 40.0. The first-order chi connectivity index (χ1) is 28.9. The molecule has 4 nitrogen and oxygen atoms in total. The summed E-state index contributed by atoms with van der Waals surface area (Å²) >= 11 is 1.78. The predicted molar refractivity (Wildman–Crippen MR) is 248 cm³/mol. The number of aromatic nitrogens is 3. The molecule has 0 aliphatic heterocycles. The van der Waals surface area contributed by atoms with Crippen molar-refractivity contribution in [1.29, 1.82) is 0 Å². The van der Waals surface area contributed by atoms with Crippen LogP contribution in [0.15, 0.2) is 168 Å². The molecule has 7 aromatic carbocycles. The van der Waals surface area contributed by atoms with E-state index in [0.29, 0.717) is 11.8 Å². The van der Waals surface area contributed by atoms with E-state index < -0.39 is 0 Å². The third kappa shape index (κ3) is 6.95. The first-order valence-electron chi connectivity index (χ1n) is 20.2. The van der Waals surface area contributed by atoms with Crippen LogP contribution in [0.4, 0.5) is 0 Å². The quantitative estimate of drug-likeness (QED) is 0.156. The van der Waals surface area contributed by atoms with Gasteiger partial charge in [-0.1, -0.05) is 118 Å². The maximum atomic E-state index is 6.49. The van der Waals surface area contributed by atoms with Crippen LogP contribution >= 0.6 is 11.3 Å². The van der Waals surface area contributed by atoms with Crippen molar-refractivity contribution in [2.24, 2.45) is 0 Å². The van der Waals surface area contributed by atoms with Crippen molar-refractivity contribution < 1.29 is 24.5 Å². The summed E-state index contributed by atoms with van der Waals surface area (Å²) in [5, 5.41) is 4.70. The molecule has 60 heavy (non-hydrogen) atoms. The van der Waals surface area contributed by atoms with Gasteiger partial charge in [-0.2, -0.15) is 11.3 Å². The molecule has 11 aromatic rings. The minimum Gasteiger partial charge on any atom is -0.455 e. The van der Waals surface area contributed by atoms with Gasteiger partial charge in [0.05, 0.1) is 21.6 Å². The molecular formula is C54H41IrN3OS-2. The van der Waals surface area contributed by atoms with E-state index in [9.17, 15) is 0 Å².